The molecule has 0 spiro atoms. The molecule has 20 heavy (non-hydrogen) atoms. The highest BCUT2D eigenvalue weighted by molar-refractivity contribution is 7.89. The molecule has 0 aromatic heterocycles. The van der Waals surface area contributed by atoms with E-state index in [2.05, 4.69) is 0 Å². The second-order valence-electron chi connectivity index (χ2n) is 4.89. The van der Waals surface area contributed by atoms with E-state index in [4.69, 9.17) is 0 Å². The van der Waals surface area contributed by atoms with Crippen LogP contribution in [0.25, 0.3) is 0 Å². The highest BCUT2D eigenvalue weighted by Crippen LogP contribution is 2.19. The van der Waals surface area contributed by atoms with Gasteiger partial charge in [-0.1, -0.05) is 25.1 Å². The second-order valence-corrected chi connectivity index (χ2v) is 6.80. The molecule has 0 aliphatic heterocycles. The van der Waals surface area contributed by atoms with Gasteiger partial charge in [-0.25, -0.2) is 8.42 Å². The van der Waals surface area contributed by atoms with Gasteiger partial charge in [-0.2, -0.15) is 4.31 Å². The van der Waals surface area contributed by atoms with Crippen LogP contribution in [-0.4, -0.2) is 50.7 Å². The number of carbonyl (C=O) groups excluding carboxylic acids is 1. The highest BCUT2D eigenvalue weighted by Gasteiger charge is 2.27. The Morgan fingerprint density at radius 2 is 1.80 bits per heavy atom. The van der Waals surface area contributed by atoms with Crippen LogP contribution in [0.1, 0.15) is 18.9 Å². The van der Waals surface area contributed by atoms with Crippen molar-refractivity contribution in [2.24, 2.45) is 0 Å². The van der Waals surface area contributed by atoms with Gasteiger partial charge in [0.25, 0.3) is 0 Å². The van der Waals surface area contributed by atoms with Crippen LogP contribution in [-0.2, 0) is 14.8 Å². The van der Waals surface area contributed by atoms with E-state index in [-0.39, 0.29) is 17.3 Å². The number of hydrogen-bond acceptors (Lipinski definition) is 3. The molecule has 0 bridgehead atoms. The fourth-order valence-corrected chi connectivity index (χ4v) is 3.52. The lowest BCUT2D eigenvalue weighted by molar-refractivity contribution is -0.128. The van der Waals surface area contributed by atoms with Gasteiger partial charge in [0.2, 0.25) is 15.9 Å². The summed E-state index contributed by atoms with van der Waals surface area (Å²) in [6.07, 6.45) is 0.659. The van der Waals surface area contributed by atoms with Crippen LogP contribution in [0, 0.1) is 6.92 Å². The summed E-state index contributed by atoms with van der Waals surface area (Å²) in [6, 6.07) is 6.82. The number of aryl methyl sites for hydroxylation is 1. The van der Waals surface area contributed by atoms with E-state index in [1.807, 2.05) is 6.92 Å². The third-order valence-corrected chi connectivity index (χ3v) is 5.00. The number of carbonyl (C=O) groups is 1. The topological polar surface area (TPSA) is 57.7 Å². The van der Waals surface area contributed by atoms with E-state index in [0.717, 1.165) is 0 Å². The van der Waals surface area contributed by atoms with E-state index in [1.54, 1.807) is 45.3 Å². The van der Waals surface area contributed by atoms with Crippen molar-refractivity contribution in [1.29, 1.82) is 0 Å². The van der Waals surface area contributed by atoms with Gasteiger partial charge in [0.1, 0.15) is 0 Å². The number of nitrogens with zero attached hydrogens (tertiary/aromatic N) is 2. The summed E-state index contributed by atoms with van der Waals surface area (Å²) in [4.78, 5) is 13.5. The van der Waals surface area contributed by atoms with E-state index < -0.39 is 10.0 Å². The van der Waals surface area contributed by atoms with Crippen LogP contribution in [0.5, 0.6) is 0 Å². The van der Waals surface area contributed by atoms with E-state index in [1.165, 1.54) is 9.21 Å². The summed E-state index contributed by atoms with van der Waals surface area (Å²) < 4.78 is 26.6. The van der Waals surface area contributed by atoms with Crippen LogP contribution in [0.15, 0.2) is 29.2 Å². The normalized spacial score (nSPS) is 11.7. The minimum atomic E-state index is -3.64. The van der Waals surface area contributed by atoms with Gasteiger partial charge in [-0.3, -0.25) is 4.79 Å². The summed E-state index contributed by atoms with van der Waals surface area (Å²) in [5.74, 6) is -0.226. The molecule has 0 radical (unpaired) electrons. The van der Waals surface area contributed by atoms with Crippen molar-refractivity contribution >= 4 is 15.9 Å². The number of likely N-dealkylation sites (N-methyl/N-ethyl adjacent to an activating group) is 1. The fraction of sp³-hybridized carbons (Fsp3) is 0.500. The van der Waals surface area contributed by atoms with E-state index in [9.17, 15) is 13.2 Å². The average Bonchev–Trinajstić information content (AvgIpc) is 2.38. The Morgan fingerprint density at radius 3 is 2.30 bits per heavy atom. The molecule has 0 saturated carbocycles. The molecule has 1 aromatic rings. The Hall–Kier alpha value is -1.40. The maximum atomic E-state index is 12.7. The van der Waals surface area contributed by atoms with Crippen LogP contribution in [0.4, 0.5) is 0 Å². The summed E-state index contributed by atoms with van der Waals surface area (Å²) in [5, 5.41) is 0. The third kappa shape index (κ3) is 3.80. The number of hydrogen-bond donors (Lipinski definition) is 0. The predicted octanol–water partition coefficient (Wildman–Crippen LogP) is 1.48. The third-order valence-electron chi connectivity index (χ3n) is 2.99. The standard InChI is InChI=1S/C14H22N2O3S/c1-5-10-16(11-14(17)15(3)4)20(18,19)13-9-7-6-8-12(13)2/h6-9H,5,10-11H2,1-4H3. The summed E-state index contributed by atoms with van der Waals surface area (Å²) in [7, 11) is -0.401. The number of amides is 1. The summed E-state index contributed by atoms with van der Waals surface area (Å²) in [5.41, 5.74) is 0.686. The molecule has 0 aliphatic carbocycles. The molecule has 0 fully saturated rings. The molecule has 0 atom stereocenters. The number of rotatable bonds is 6. The quantitative estimate of drug-likeness (QED) is 0.799. The Morgan fingerprint density at radius 1 is 1.20 bits per heavy atom. The molecule has 112 valence electrons. The van der Waals surface area contributed by atoms with E-state index in [0.29, 0.717) is 18.5 Å². The first-order valence-electron chi connectivity index (χ1n) is 6.56. The zero-order valence-corrected chi connectivity index (χ0v) is 13.3. The van der Waals surface area contributed by atoms with Gasteiger partial charge in [0, 0.05) is 20.6 Å². The second kappa shape index (κ2) is 6.85. The maximum Gasteiger partial charge on any atom is 0.243 e. The Kier molecular flexibility index (Phi) is 5.71. The molecular formula is C14H22N2O3S. The molecule has 0 unspecified atom stereocenters. The molecule has 0 N–H and O–H groups in total. The number of sulfonamides is 1. The summed E-state index contributed by atoms with van der Waals surface area (Å²) in [6.45, 7) is 3.85. The van der Waals surface area contributed by atoms with Crippen LogP contribution in [0.3, 0.4) is 0 Å². The molecular weight excluding hydrogens is 276 g/mol. The van der Waals surface area contributed by atoms with Crippen molar-refractivity contribution in [3.8, 4) is 0 Å². The molecule has 5 nitrogen and oxygen atoms in total. The monoisotopic (exact) mass is 298 g/mol. The zero-order chi connectivity index (χ0) is 15.3. The van der Waals surface area contributed by atoms with Gasteiger partial charge in [-0.15, -0.1) is 0 Å². The Balaban J connectivity index is 3.13. The van der Waals surface area contributed by atoms with Gasteiger partial charge in [0.05, 0.1) is 11.4 Å². The van der Waals surface area contributed by atoms with Crippen LogP contribution < -0.4 is 0 Å². The molecule has 0 saturated heterocycles. The lowest BCUT2D eigenvalue weighted by Crippen LogP contribution is -2.40. The first kappa shape index (κ1) is 16.7. The Bertz CT molecular complexity index is 568. The SMILES string of the molecule is CCCN(CC(=O)N(C)C)S(=O)(=O)c1ccccc1C. The molecule has 0 aliphatic rings. The van der Waals surface area contributed by atoms with Crippen molar-refractivity contribution in [2.75, 3.05) is 27.2 Å². The van der Waals surface area contributed by atoms with Crippen molar-refractivity contribution in [3.63, 3.8) is 0 Å². The summed E-state index contributed by atoms with van der Waals surface area (Å²) >= 11 is 0. The predicted molar refractivity (Wildman–Crippen MR) is 78.9 cm³/mol. The Labute approximate surface area is 121 Å². The minimum absolute atomic E-state index is 0.127. The average molecular weight is 298 g/mol. The van der Waals surface area contributed by atoms with Crippen molar-refractivity contribution < 1.29 is 13.2 Å². The molecule has 1 rings (SSSR count). The lowest BCUT2D eigenvalue weighted by Gasteiger charge is -2.23. The first-order valence-corrected chi connectivity index (χ1v) is 8.00. The lowest BCUT2D eigenvalue weighted by atomic mass is 10.2. The van der Waals surface area contributed by atoms with Gasteiger partial charge in [-0.05, 0) is 25.0 Å². The number of benzene rings is 1. The van der Waals surface area contributed by atoms with Gasteiger partial charge < -0.3 is 4.90 Å². The highest BCUT2D eigenvalue weighted by atomic mass is 32.2. The fourth-order valence-electron chi connectivity index (χ4n) is 1.81. The molecule has 6 heteroatoms. The minimum Gasteiger partial charge on any atom is -0.348 e. The van der Waals surface area contributed by atoms with Gasteiger partial charge >= 0.3 is 0 Å². The first-order chi connectivity index (χ1) is 9.30. The van der Waals surface area contributed by atoms with Crippen molar-refractivity contribution in [3.05, 3.63) is 29.8 Å². The molecule has 1 aromatic carbocycles. The van der Waals surface area contributed by atoms with Crippen molar-refractivity contribution in [1.82, 2.24) is 9.21 Å². The maximum absolute atomic E-state index is 12.7. The van der Waals surface area contributed by atoms with E-state index >= 15 is 0 Å². The molecule has 0 heterocycles. The van der Waals surface area contributed by atoms with Gasteiger partial charge in [0.15, 0.2) is 0 Å². The zero-order valence-electron chi connectivity index (χ0n) is 12.5. The largest absolute Gasteiger partial charge is 0.348 e. The van der Waals surface area contributed by atoms with Crippen LogP contribution in [0.2, 0.25) is 0 Å². The van der Waals surface area contributed by atoms with Crippen molar-refractivity contribution in [2.45, 2.75) is 25.2 Å². The molecule has 1 amide bonds. The van der Waals surface area contributed by atoms with Crippen LogP contribution >= 0.6 is 0 Å². The smallest absolute Gasteiger partial charge is 0.243 e.